The van der Waals surface area contributed by atoms with Crippen molar-refractivity contribution in [1.82, 2.24) is 4.31 Å². The first-order chi connectivity index (χ1) is 10.1. The van der Waals surface area contributed by atoms with Gasteiger partial charge in [-0.05, 0) is 31.4 Å². The summed E-state index contributed by atoms with van der Waals surface area (Å²) < 4.78 is 33.7. The lowest BCUT2D eigenvalue weighted by atomic mass is 9.91. The average molecular weight is 350 g/mol. The molecule has 1 aliphatic heterocycles. The Kier molecular flexibility index (Phi) is 4.90. The first kappa shape index (κ1) is 15.7. The Balaban J connectivity index is 1.85. The van der Waals surface area contributed by atoms with Gasteiger partial charge in [0.2, 0.25) is 0 Å². The molecule has 118 valence electrons. The third kappa shape index (κ3) is 3.15. The zero-order chi connectivity index (χ0) is 14.9. The number of hydrogen-bond donors (Lipinski definition) is 0. The summed E-state index contributed by atoms with van der Waals surface area (Å²) in [4.78, 5) is 1.03. The molecular weight excluding hydrogens is 330 g/mol. The molecule has 2 fully saturated rings. The number of thiophene rings is 1. The van der Waals surface area contributed by atoms with Crippen LogP contribution in [0.25, 0.3) is 0 Å². The van der Waals surface area contributed by atoms with Gasteiger partial charge in [-0.1, -0.05) is 12.8 Å². The van der Waals surface area contributed by atoms with E-state index < -0.39 is 10.0 Å². The Morgan fingerprint density at radius 2 is 2.14 bits per heavy atom. The second kappa shape index (κ2) is 6.54. The molecule has 3 rings (SSSR count). The largest absolute Gasteiger partial charge is 0.375 e. The fraction of sp³-hybridized carbons (Fsp3) is 0.714. The van der Waals surface area contributed by atoms with Gasteiger partial charge in [0, 0.05) is 17.3 Å². The van der Waals surface area contributed by atoms with E-state index in [9.17, 15) is 8.42 Å². The van der Waals surface area contributed by atoms with Crippen LogP contribution in [0.1, 0.15) is 30.6 Å². The molecule has 0 N–H and O–H groups in total. The molecule has 7 heteroatoms. The molecule has 1 aliphatic carbocycles. The number of sulfonamides is 1. The summed E-state index contributed by atoms with van der Waals surface area (Å²) in [7, 11) is -3.40. The van der Waals surface area contributed by atoms with Crippen LogP contribution in [0.3, 0.4) is 0 Å². The molecule has 2 atom stereocenters. The van der Waals surface area contributed by atoms with E-state index in [1.54, 1.807) is 10.4 Å². The van der Waals surface area contributed by atoms with Gasteiger partial charge in [0.1, 0.15) is 4.21 Å². The summed E-state index contributed by atoms with van der Waals surface area (Å²) in [5.74, 6) is 0.516. The molecule has 1 saturated carbocycles. The number of aryl methyl sites for hydroxylation is 1. The molecule has 4 nitrogen and oxygen atoms in total. The summed E-state index contributed by atoms with van der Waals surface area (Å²) in [6, 6.07) is 3.60. The van der Waals surface area contributed by atoms with Crippen molar-refractivity contribution in [2.45, 2.75) is 48.5 Å². The molecule has 0 amide bonds. The van der Waals surface area contributed by atoms with Gasteiger partial charge < -0.3 is 4.74 Å². The maximum absolute atomic E-state index is 12.9. The van der Waals surface area contributed by atoms with Crippen LogP contribution in [0.2, 0.25) is 0 Å². The second-order valence-corrected chi connectivity index (χ2v) is 9.20. The number of hydrogen-bond acceptors (Lipinski definition) is 4. The highest BCUT2D eigenvalue weighted by atomic mass is 35.5. The molecule has 0 radical (unpaired) electrons. The van der Waals surface area contributed by atoms with E-state index in [0.29, 0.717) is 23.2 Å². The van der Waals surface area contributed by atoms with Gasteiger partial charge in [-0.15, -0.1) is 22.9 Å². The van der Waals surface area contributed by atoms with Crippen LogP contribution in [0.15, 0.2) is 16.3 Å². The zero-order valence-electron chi connectivity index (χ0n) is 11.8. The Morgan fingerprint density at radius 3 is 2.95 bits per heavy atom. The number of morpholine rings is 1. The van der Waals surface area contributed by atoms with E-state index in [4.69, 9.17) is 16.3 Å². The minimum absolute atomic E-state index is 0.0103. The van der Waals surface area contributed by atoms with E-state index in [1.807, 2.05) is 6.07 Å². The van der Waals surface area contributed by atoms with Crippen molar-refractivity contribution < 1.29 is 13.2 Å². The summed E-state index contributed by atoms with van der Waals surface area (Å²) in [6.45, 7) is 0.965. The zero-order valence-corrected chi connectivity index (χ0v) is 14.2. The second-order valence-electron chi connectivity index (χ2n) is 5.54. The van der Waals surface area contributed by atoms with Crippen molar-refractivity contribution in [3.8, 4) is 0 Å². The molecule has 2 unspecified atom stereocenters. The number of fused-ring (bicyclic) bond motifs is 1. The summed E-state index contributed by atoms with van der Waals surface area (Å²) in [6.07, 6.45) is 4.88. The normalized spacial score (nSPS) is 27.5. The van der Waals surface area contributed by atoms with Crippen LogP contribution >= 0.6 is 22.9 Å². The molecule has 0 bridgehead atoms. The number of halogens is 1. The van der Waals surface area contributed by atoms with Gasteiger partial charge in [0.25, 0.3) is 10.0 Å². The van der Waals surface area contributed by atoms with Gasteiger partial charge in [-0.2, -0.15) is 4.31 Å². The van der Waals surface area contributed by atoms with E-state index in [-0.39, 0.29) is 12.1 Å². The summed E-state index contributed by atoms with van der Waals surface area (Å²) in [5, 5.41) is 0. The smallest absolute Gasteiger partial charge is 0.252 e. The minimum atomic E-state index is -3.40. The van der Waals surface area contributed by atoms with Gasteiger partial charge in [-0.25, -0.2) is 8.42 Å². The van der Waals surface area contributed by atoms with Crippen molar-refractivity contribution in [3.63, 3.8) is 0 Å². The lowest BCUT2D eigenvalue weighted by Gasteiger charge is -2.42. The predicted molar refractivity (Wildman–Crippen MR) is 84.6 cm³/mol. The van der Waals surface area contributed by atoms with E-state index in [0.717, 1.165) is 37.0 Å². The molecule has 1 aromatic rings. The standard InChI is InChI=1S/C14H20ClNO3S2/c15-8-7-11-5-6-14(20-11)21(17,18)16-9-10-19-13-4-2-1-3-12(13)16/h5-6,12-13H,1-4,7-10H2. The molecule has 2 aliphatic rings. The fourth-order valence-corrected chi connectivity index (χ4v) is 6.66. The highest BCUT2D eigenvalue weighted by molar-refractivity contribution is 7.91. The Labute approximate surface area is 135 Å². The van der Waals surface area contributed by atoms with Crippen LogP contribution in [0.4, 0.5) is 0 Å². The summed E-state index contributed by atoms with van der Waals surface area (Å²) >= 11 is 7.07. The molecular formula is C14H20ClNO3S2. The maximum Gasteiger partial charge on any atom is 0.252 e. The third-order valence-electron chi connectivity index (χ3n) is 4.22. The Hall–Kier alpha value is -0.140. The van der Waals surface area contributed by atoms with Crippen LogP contribution in [0.5, 0.6) is 0 Å². The molecule has 1 aromatic heterocycles. The molecule has 0 spiro atoms. The van der Waals surface area contributed by atoms with Crippen LogP contribution in [0, 0.1) is 0 Å². The van der Waals surface area contributed by atoms with Crippen LogP contribution < -0.4 is 0 Å². The van der Waals surface area contributed by atoms with Gasteiger partial charge in [-0.3, -0.25) is 0 Å². The molecule has 2 heterocycles. The van der Waals surface area contributed by atoms with E-state index >= 15 is 0 Å². The number of rotatable bonds is 4. The molecule has 1 saturated heterocycles. The Morgan fingerprint density at radius 1 is 1.33 bits per heavy atom. The van der Waals surface area contributed by atoms with Gasteiger partial charge >= 0.3 is 0 Å². The SMILES string of the molecule is O=S(=O)(c1ccc(CCCl)s1)N1CCOC2CCCCC21. The Bertz CT molecular complexity index is 585. The lowest BCUT2D eigenvalue weighted by Crippen LogP contribution is -2.54. The first-order valence-electron chi connectivity index (χ1n) is 7.41. The van der Waals surface area contributed by atoms with Crippen LogP contribution in [-0.4, -0.2) is 43.9 Å². The minimum Gasteiger partial charge on any atom is -0.375 e. The fourth-order valence-electron chi connectivity index (χ4n) is 3.20. The predicted octanol–water partition coefficient (Wildman–Crippen LogP) is 2.86. The monoisotopic (exact) mass is 349 g/mol. The quantitative estimate of drug-likeness (QED) is 0.785. The highest BCUT2D eigenvalue weighted by Gasteiger charge is 2.41. The van der Waals surface area contributed by atoms with Crippen molar-refractivity contribution >= 4 is 33.0 Å². The number of alkyl halides is 1. The van der Waals surface area contributed by atoms with Crippen LogP contribution in [-0.2, 0) is 21.2 Å². The topological polar surface area (TPSA) is 46.6 Å². The summed E-state index contributed by atoms with van der Waals surface area (Å²) in [5.41, 5.74) is 0. The van der Waals surface area contributed by atoms with Crippen molar-refractivity contribution in [1.29, 1.82) is 0 Å². The van der Waals surface area contributed by atoms with Crippen molar-refractivity contribution in [2.24, 2.45) is 0 Å². The lowest BCUT2D eigenvalue weighted by molar-refractivity contribution is -0.0585. The molecule has 0 aromatic carbocycles. The van der Waals surface area contributed by atoms with Crippen molar-refractivity contribution in [2.75, 3.05) is 19.0 Å². The first-order valence-corrected chi connectivity index (χ1v) is 10.2. The molecule has 21 heavy (non-hydrogen) atoms. The maximum atomic E-state index is 12.9. The number of ether oxygens (including phenoxy) is 1. The van der Waals surface area contributed by atoms with Gasteiger partial charge in [0.05, 0.1) is 18.8 Å². The third-order valence-corrected chi connectivity index (χ3v) is 7.95. The van der Waals surface area contributed by atoms with Gasteiger partial charge in [0.15, 0.2) is 0 Å². The van der Waals surface area contributed by atoms with E-state index in [1.165, 1.54) is 11.3 Å². The highest BCUT2D eigenvalue weighted by Crippen LogP contribution is 2.34. The van der Waals surface area contributed by atoms with Crippen molar-refractivity contribution in [3.05, 3.63) is 17.0 Å². The average Bonchev–Trinajstić information content (AvgIpc) is 2.96. The number of nitrogens with zero attached hydrogens (tertiary/aromatic N) is 1. The van der Waals surface area contributed by atoms with E-state index in [2.05, 4.69) is 0 Å².